The zero-order valence-electron chi connectivity index (χ0n) is 10.6. The number of aliphatic carboxylic acids is 1. The molecule has 2 atom stereocenters. The first-order valence-corrected chi connectivity index (χ1v) is 6.58. The SMILES string of the molecule is CCNC1(CC(=O)O)CCCC(CC)CC1. The van der Waals surface area contributed by atoms with Crippen LogP contribution in [0, 0.1) is 5.92 Å². The molecule has 0 radical (unpaired) electrons. The Bertz CT molecular complexity index is 230. The summed E-state index contributed by atoms with van der Waals surface area (Å²) in [6.07, 6.45) is 7.15. The van der Waals surface area contributed by atoms with Crippen molar-refractivity contribution >= 4 is 5.97 Å². The third-order valence-electron chi connectivity index (χ3n) is 3.92. The molecule has 0 bridgehead atoms. The molecule has 0 spiro atoms. The van der Waals surface area contributed by atoms with E-state index in [4.69, 9.17) is 5.11 Å². The normalized spacial score (nSPS) is 31.0. The van der Waals surface area contributed by atoms with Crippen molar-refractivity contribution in [2.45, 2.75) is 64.3 Å². The first kappa shape index (κ1) is 13.5. The minimum atomic E-state index is -0.670. The quantitative estimate of drug-likeness (QED) is 0.710. The lowest BCUT2D eigenvalue weighted by Gasteiger charge is -2.32. The van der Waals surface area contributed by atoms with Gasteiger partial charge in [0.25, 0.3) is 0 Å². The fraction of sp³-hybridized carbons (Fsp3) is 0.923. The minimum Gasteiger partial charge on any atom is -0.481 e. The van der Waals surface area contributed by atoms with Gasteiger partial charge in [0.05, 0.1) is 6.42 Å². The van der Waals surface area contributed by atoms with Gasteiger partial charge >= 0.3 is 5.97 Å². The van der Waals surface area contributed by atoms with Crippen molar-refractivity contribution in [2.75, 3.05) is 6.54 Å². The Morgan fingerprint density at radius 3 is 2.69 bits per heavy atom. The second-order valence-electron chi connectivity index (χ2n) is 5.09. The molecule has 2 unspecified atom stereocenters. The predicted octanol–water partition coefficient (Wildman–Crippen LogP) is 2.80. The highest BCUT2D eigenvalue weighted by Crippen LogP contribution is 2.34. The van der Waals surface area contributed by atoms with Gasteiger partial charge in [0.15, 0.2) is 0 Å². The Kier molecular flexibility index (Phi) is 5.26. The first-order chi connectivity index (χ1) is 7.62. The van der Waals surface area contributed by atoms with Crippen LogP contribution < -0.4 is 5.32 Å². The summed E-state index contributed by atoms with van der Waals surface area (Å²) in [7, 11) is 0. The fourth-order valence-corrected chi connectivity index (χ4v) is 2.97. The number of hydrogen-bond donors (Lipinski definition) is 2. The lowest BCUT2D eigenvalue weighted by Crippen LogP contribution is -2.46. The second-order valence-corrected chi connectivity index (χ2v) is 5.09. The standard InChI is InChI=1S/C13H25NO2/c1-3-11-6-5-8-13(9-7-11,14-4-2)10-12(15)16/h11,14H,3-10H2,1-2H3,(H,15,16). The largest absolute Gasteiger partial charge is 0.481 e. The van der Waals surface area contributed by atoms with Crippen molar-refractivity contribution in [2.24, 2.45) is 5.92 Å². The van der Waals surface area contributed by atoms with E-state index < -0.39 is 5.97 Å². The van der Waals surface area contributed by atoms with Crippen LogP contribution in [-0.2, 0) is 4.79 Å². The summed E-state index contributed by atoms with van der Waals surface area (Å²) in [5.41, 5.74) is -0.134. The van der Waals surface area contributed by atoms with Crippen LogP contribution in [0.3, 0.4) is 0 Å². The zero-order valence-corrected chi connectivity index (χ0v) is 10.6. The summed E-state index contributed by atoms with van der Waals surface area (Å²) < 4.78 is 0. The molecular formula is C13H25NO2. The third kappa shape index (κ3) is 3.78. The first-order valence-electron chi connectivity index (χ1n) is 6.58. The topological polar surface area (TPSA) is 49.3 Å². The summed E-state index contributed by atoms with van der Waals surface area (Å²) >= 11 is 0. The number of rotatable bonds is 5. The lowest BCUT2D eigenvalue weighted by molar-refractivity contribution is -0.138. The summed E-state index contributed by atoms with van der Waals surface area (Å²) in [5.74, 6) is 0.130. The van der Waals surface area contributed by atoms with E-state index in [1.54, 1.807) is 0 Å². The maximum Gasteiger partial charge on any atom is 0.305 e. The zero-order chi connectivity index (χ0) is 12.0. The van der Waals surface area contributed by atoms with Crippen LogP contribution in [0.1, 0.15) is 58.8 Å². The lowest BCUT2D eigenvalue weighted by atomic mass is 9.86. The average Bonchev–Trinajstić information content (AvgIpc) is 2.40. The Balaban J connectivity index is 2.65. The van der Waals surface area contributed by atoms with Crippen molar-refractivity contribution in [3.63, 3.8) is 0 Å². The van der Waals surface area contributed by atoms with E-state index in [9.17, 15) is 4.79 Å². The summed E-state index contributed by atoms with van der Waals surface area (Å²) in [5, 5.41) is 12.5. The molecular weight excluding hydrogens is 202 g/mol. The maximum atomic E-state index is 11.0. The molecule has 1 aliphatic rings. The number of carboxylic acid groups (broad SMARTS) is 1. The molecule has 2 N–H and O–H groups in total. The molecule has 94 valence electrons. The number of hydrogen-bond acceptors (Lipinski definition) is 2. The van der Waals surface area contributed by atoms with Crippen molar-refractivity contribution in [3.05, 3.63) is 0 Å². The van der Waals surface area contributed by atoms with Gasteiger partial charge in [0.1, 0.15) is 0 Å². The summed E-state index contributed by atoms with van der Waals surface area (Å²) in [4.78, 5) is 11.0. The van der Waals surface area contributed by atoms with Gasteiger partial charge in [0.2, 0.25) is 0 Å². The predicted molar refractivity (Wildman–Crippen MR) is 65.5 cm³/mol. The Morgan fingerprint density at radius 1 is 1.38 bits per heavy atom. The van der Waals surface area contributed by atoms with Crippen molar-refractivity contribution in [1.82, 2.24) is 5.32 Å². The molecule has 1 aliphatic carbocycles. The second kappa shape index (κ2) is 6.24. The Morgan fingerprint density at radius 2 is 2.12 bits per heavy atom. The molecule has 0 aromatic rings. The van der Waals surface area contributed by atoms with Gasteiger partial charge < -0.3 is 10.4 Å². The minimum absolute atomic E-state index is 0.134. The molecule has 0 heterocycles. The van der Waals surface area contributed by atoms with E-state index in [0.29, 0.717) is 0 Å². The van der Waals surface area contributed by atoms with Gasteiger partial charge in [-0.1, -0.05) is 33.1 Å². The smallest absolute Gasteiger partial charge is 0.305 e. The van der Waals surface area contributed by atoms with Crippen LogP contribution in [0.5, 0.6) is 0 Å². The van der Waals surface area contributed by atoms with Crippen molar-refractivity contribution in [1.29, 1.82) is 0 Å². The van der Waals surface area contributed by atoms with Gasteiger partial charge in [-0.25, -0.2) is 0 Å². The van der Waals surface area contributed by atoms with Crippen LogP contribution in [-0.4, -0.2) is 23.2 Å². The van der Waals surface area contributed by atoms with Crippen LogP contribution >= 0.6 is 0 Å². The molecule has 0 amide bonds. The van der Waals surface area contributed by atoms with Crippen LogP contribution in [0.15, 0.2) is 0 Å². The Labute approximate surface area is 98.6 Å². The van der Waals surface area contributed by atoms with E-state index in [0.717, 1.165) is 25.3 Å². The van der Waals surface area contributed by atoms with Crippen LogP contribution in [0.2, 0.25) is 0 Å². The number of carboxylic acids is 1. The van der Waals surface area contributed by atoms with Crippen molar-refractivity contribution < 1.29 is 9.90 Å². The number of nitrogens with one attached hydrogen (secondary N) is 1. The summed E-state index contributed by atoms with van der Waals surface area (Å²) in [6, 6.07) is 0. The Hall–Kier alpha value is -0.570. The highest BCUT2D eigenvalue weighted by Gasteiger charge is 2.33. The van der Waals surface area contributed by atoms with Gasteiger partial charge in [-0.05, 0) is 31.7 Å². The molecule has 3 nitrogen and oxygen atoms in total. The average molecular weight is 227 g/mol. The molecule has 3 heteroatoms. The molecule has 1 fully saturated rings. The number of carbonyl (C=O) groups is 1. The van der Waals surface area contributed by atoms with E-state index in [-0.39, 0.29) is 12.0 Å². The van der Waals surface area contributed by atoms with E-state index in [1.165, 1.54) is 25.7 Å². The fourth-order valence-electron chi connectivity index (χ4n) is 2.97. The van der Waals surface area contributed by atoms with Gasteiger partial charge in [0, 0.05) is 5.54 Å². The maximum absolute atomic E-state index is 11.0. The molecule has 0 aromatic heterocycles. The highest BCUT2D eigenvalue weighted by atomic mass is 16.4. The molecule has 16 heavy (non-hydrogen) atoms. The molecule has 1 saturated carbocycles. The van der Waals surface area contributed by atoms with E-state index in [2.05, 4.69) is 19.2 Å². The van der Waals surface area contributed by atoms with Gasteiger partial charge in [-0.15, -0.1) is 0 Å². The monoisotopic (exact) mass is 227 g/mol. The molecule has 0 aliphatic heterocycles. The van der Waals surface area contributed by atoms with E-state index >= 15 is 0 Å². The van der Waals surface area contributed by atoms with Gasteiger partial charge in [-0.2, -0.15) is 0 Å². The molecule has 0 saturated heterocycles. The van der Waals surface area contributed by atoms with Gasteiger partial charge in [-0.3, -0.25) is 4.79 Å². The van der Waals surface area contributed by atoms with Crippen LogP contribution in [0.4, 0.5) is 0 Å². The molecule has 0 aromatic carbocycles. The molecule has 1 rings (SSSR count). The van der Waals surface area contributed by atoms with E-state index in [1.807, 2.05) is 0 Å². The highest BCUT2D eigenvalue weighted by molar-refractivity contribution is 5.68. The summed E-state index contributed by atoms with van der Waals surface area (Å²) in [6.45, 7) is 5.16. The van der Waals surface area contributed by atoms with Crippen LogP contribution in [0.25, 0.3) is 0 Å². The third-order valence-corrected chi connectivity index (χ3v) is 3.92. The van der Waals surface area contributed by atoms with Crippen molar-refractivity contribution in [3.8, 4) is 0 Å².